The maximum Gasteiger partial charge on any atom is 0.236 e. The summed E-state index contributed by atoms with van der Waals surface area (Å²) >= 11 is 3.42. The highest BCUT2D eigenvalue weighted by Crippen LogP contribution is 2.44. The highest BCUT2D eigenvalue weighted by molar-refractivity contribution is 8.01. The molecule has 24 heavy (non-hydrogen) atoms. The van der Waals surface area contributed by atoms with E-state index in [-0.39, 0.29) is 16.5 Å². The van der Waals surface area contributed by atoms with Crippen LogP contribution in [0.3, 0.4) is 0 Å². The van der Waals surface area contributed by atoms with Gasteiger partial charge in [-0.15, -0.1) is 23.1 Å². The molecule has 2 unspecified atom stereocenters. The van der Waals surface area contributed by atoms with Gasteiger partial charge in [0, 0.05) is 11.4 Å². The van der Waals surface area contributed by atoms with E-state index in [4.69, 9.17) is 9.47 Å². The number of rotatable bonds is 6. The SMILES string of the molecule is COc1ccc(C2SC(C)C(=O)N2CCc2cccs2)cc1OC. The van der Waals surface area contributed by atoms with E-state index in [1.54, 1.807) is 37.3 Å². The van der Waals surface area contributed by atoms with Gasteiger partial charge in [-0.05, 0) is 42.5 Å². The number of carbonyl (C=O) groups excluding carboxylic acids is 1. The van der Waals surface area contributed by atoms with Crippen LogP contribution in [0.4, 0.5) is 0 Å². The van der Waals surface area contributed by atoms with Gasteiger partial charge in [0.2, 0.25) is 5.91 Å². The number of thioether (sulfide) groups is 1. The molecular weight excluding hydrogens is 342 g/mol. The van der Waals surface area contributed by atoms with Crippen LogP contribution in [0, 0.1) is 0 Å². The molecule has 1 aromatic carbocycles. The molecule has 0 spiro atoms. The topological polar surface area (TPSA) is 38.8 Å². The molecule has 1 aromatic heterocycles. The van der Waals surface area contributed by atoms with Gasteiger partial charge in [-0.1, -0.05) is 12.1 Å². The van der Waals surface area contributed by atoms with Crippen LogP contribution >= 0.6 is 23.1 Å². The van der Waals surface area contributed by atoms with Gasteiger partial charge in [0.1, 0.15) is 5.37 Å². The summed E-state index contributed by atoms with van der Waals surface area (Å²) in [5.74, 6) is 1.60. The van der Waals surface area contributed by atoms with E-state index >= 15 is 0 Å². The highest BCUT2D eigenvalue weighted by Gasteiger charge is 2.38. The summed E-state index contributed by atoms with van der Waals surface area (Å²) < 4.78 is 10.7. The van der Waals surface area contributed by atoms with Gasteiger partial charge in [0.15, 0.2) is 11.5 Å². The van der Waals surface area contributed by atoms with Crippen LogP contribution < -0.4 is 9.47 Å². The molecule has 0 N–H and O–H groups in total. The lowest BCUT2D eigenvalue weighted by Crippen LogP contribution is -2.32. The summed E-state index contributed by atoms with van der Waals surface area (Å²) in [7, 11) is 3.26. The number of carbonyl (C=O) groups is 1. The first-order valence-corrected chi connectivity index (χ1v) is 9.66. The molecule has 3 rings (SSSR count). The van der Waals surface area contributed by atoms with Gasteiger partial charge in [-0.3, -0.25) is 4.79 Å². The van der Waals surface area contributed by atoms with Gasteiger partial charge >= 0.3 is 0 Å². The van der Waals surface area contributed by atoms with Crippen LogP contribution in [0.2, 0.25) is 0 Å². The number of benzene rings is 1. The van der Waals surface area contributed by atoms with Crippen molar-refractivity contribution >= 4 is 29.0 Å². The van der Waals surface area contributed by atoms with Crippen molar-refractivity contribution in [3.8, 4) is 11.5 Å². The predicted molar refractivity (Wildman–Crippen MR) is 99.1 cm³/mol. The summed E-state index contributed by atoms with van der Waals surface area (Å²) in [6.45, 7) is 2.71. The zero-order valence-electron chi connectivity index (χ0n) is 14.0. The van der Waals surface area contributed by atoms with Crippen molar-refractivity contribution in [1.82, 2.24) is 4.90 Å². The Balaban J connectivity index is 1.82. The summed E-state index contributed by atoms with van der Waals surface area (Å²) in [5, 5.41) is 2.07. The van der Waals surface area contributed by atoms with Crippen LogP contribution in [0.5, 0.6) is 11.5 Å². The summed E-state index contributed by atoms with van der Waals surface area (Å²) in [4.78, 5) is 15.9. The van der Waals surface area contributed by atoms with Gasteiger partial charge < -0.3 is 14.4 Å². The van der Waals surface area contributed by atoms with Crippen LogP contribution in [-0.4, -0.2) is 36.8 Å². The predicted octanol–water partition coefficient (Wildman–Crippen LogP) is 3.97. The molecule has 2 atom stereocenters. The van der Waals surface area contributed by atoms with Crippen molar-refractivity contribution in [1.29, 1.82) is 0 Å². The van der Waals surface area contributed by atoms with E-state index in [9.17, 15) is 4.79 Å². The van der Waals surface area contributed by atoms with E-state index in [0.29, 0.717) is 11.5 Å². The van der Waals surface area contributed by atoms with Gasteiger partial charge in [-0.2, -0.15) is 0 Å². The normalized spacial score (nSPS) is 20.5. The Morgan fingerprint density at radius 1 is 1.17 bits per heavy atom. The number of thiophene rings is 1. The van der Waals surface area contributed by atoms with Crippen LogP contribution in [0.15, 0.2) is 35.7 Å². The zero-order chi connectivity index (χ0) is 17.1. The van der Waals surface area contributed by atoms with Crippen LogP contribution in [0.1, 0.15) is 22.7 Å². The highest BCUT2D eigenvalue weighted by atomic mass is 32.2. The average Bonchev–Trinajstić information content (AvgIpc) is 3.21. The van der Waals surface area contributed by atoms with Crippen molar-refractivity contribution in [2.75, 3.05) is 20.8 Å². The molecule has 0 radical (unpaired) electrons. The molecular formula is C18H21NO3S2. The third-order valence-electron chi connectivity index (χ3n) is 4.12. The summed E-state index contributed by atoms with van der Waals surface area (Å²) in [6, 6.07) is 10.1. The minimum Gasteiger partial charge on any atom is -0.493 e. The molecule has 6 heteroatoms. The van der Waals surface area contributed by atoms with E-state index in [1.807, 2.05) is 30.0 Å². The number of methoxy groups -OCH3 is 2. The fourth-order valence-corrected chi connectivity index (χ4v) is 4.85. The fourth-order valence-electron chi connectivity index (χ4n) is 2.85. The zero-order valence-corrected chi connectivity index (χ0v) is 15.7. The summed E-state index contributed by atoms with van der Waals surface area (Å²) in [6.07, 6.45) is 0.889. The molecule has 2 heterocycles. The lowest BCUT2D eigenvalue weighted by molar-refractivity contribution is -0.129. The first kappa shape index (κ1) is 17.2. The monoisotopic (exact) mass is 363 g/mol. The number of nitrogens with zero attached hydrogens (tertiary/aromatic N) is 1. The average molecular weight is 364 g/mol. The lowest BCUT2D eigenvalue weighted by atomic mass is 10.1. The fraction of sp³-hybridized carbons (Fsp3) is 0.389. The van der Waals surface area contributed by atoms with Crippen molar-refractivity contribution in [3.63, 3.8) is 0 Å². The largest absolute Gasteiger partial charge is 0.493 e. The first-order chi connectivity index (χ1) is 11.6. The molecule has 1 fully saturated rings. The molecule has 1 saturated heterocycles. The number of hydrogen-bond acceptors (Lipinski definition) is 5. The lowest BCUT2D eigenvalue weighted by Gasteiger charge is -2.24. The van der Waals surface area contributed by atoms with E-state index in [2.05, 4.69) is 17.5 Å². The summed E-state index contributed by atoms with van der Waals surface area (Å²) in [5.41, 5.74) is 1.07. The minimum atomic E-state index is -0.0218. The van der Waals surface area contributed by atoms with Crippen LogP contribution in [-0.2, 0) is 11.2 Å². The second-order valence-corrected chi connectivity index (χ2v) is 8.06. The molecule has 1 aliphatic rings. The first-order valence-electron chi connectivity index (χ1n) is 7.84. The molecule has 1 amide bonds. The second kappa shape index (κ2) is 7.49. The standard InChI is InChI=1S/C18H21NO3S2/c1-12-17(20)19(9-8-14-5-4-10-23-14)18(24-12)13-6-7-15(21-2)16(11-13)22-3/h4-7,10-12,18H,8-9H2,1-3H3. The number of amides is 1. The maximum absolute atomic E-state index is 12.6. The van der Waals surface area contributed by atoms with Crippen LogP contribution in [0.25, 0.3) is 0 Å². The van der Waals surface area contributed by atoms with Gasteiger partial charge in [0.05, 0.1) is 19.5 Å². The Morgan fingerprint density at radius 3 is 2.62 bits per heavy atom. The molecule has 128 valence electrons. The smallest absolute Gasteiger partial charge is 0.236 e. The van der Waals surface area contributed by atoms with E-state index in [1.165, 1.54) is 4.88 Å². The Morgan fingerprint density at radius 2 is 1.96 bits per heavy atom. The Kier molecular flexibility index (Phi) is 5.36. The van der Waals surface area contributed by atoms with E-state index in [0.717, 1.165) is 18.5 Å². The third kappa shape index (κ3) is 3.39. The Hall–Kier alpha value is -1.66. The molecule has 0 saturated carbocycles. The number of ether oxygens (including phenoxy) is 2. The maximum atomic E-state index is 12.6. The Labute approximate surface area is 150 Å². The molecule has 0 aliphatic carbocycles. The van der Waals surface area contributed by atoms with Gasteiger partial charge in [0.25, 0.3) is 0 Å². The molecule has 2 aromatic rings. The van der Waals surface area contributed by atoms with Gasteiger partial charge in [-0.25, -0.2) is 0 Å². The minimum absolute atomic E-state index is 0.0206. The third-order valence-corrected chi connectivity index (χ3v) is 6.45. The molecule has 1 aliphatic heterocycles. The van der Waals surface area contributed by atoms with Crippen molar-refractivity contribution in [2.45, 2.75) is 24.0 Å². The van der Waals surface area contributed by atoms with Crippen molar-refractivity contribution in [3.05, 3.63) is 46.2 Å². The van der Waals surface area contributed by atoms with Crippen molar-refractivity contribution in [2.24, 2.45) is 0 Å². The second-order valence-electron chi connectivity index (χ2n) is 5.61. The Bertz CT molecular complexity index is 702. The number of hydrogen-bond donors (Lipinski definition) is 0. The molecule has 4 nitrogen and oxygen atoms in total. The van der Waals surface area contributed by atoms with Crippen molar-refractivity contribution < 1.29 is 14.3 Å². The molecule has 0 bridgehead atoms. The van der Waals surface area contributed by atoms with E-state index < -0.39 is 0 Å². The quantitative estimate of drug-likeness (QED) is 0.778.